The van der Waals surface area contributed by atoms with Gasteiger partial charge in [0.1, 0.15) is 0 Å². The molecule has 0 aliphatic carbocycles. The van der Waals surface area contributed by atoms with Gasteiger partial charge in [0.25, 0.3) is 0 Å². The topological polar surface area (TPSA) is 22.0 Å². The minimum Gasteiger partial charge on any atom is -0.350 e. The molecular weight excluding hydrogens is 198 g/mol. The number of rotatable bonds is 2. The highest BCUT2D eigenvalue weighted by Gasteiger charge is 2.10. The zero-order valence-corrected chi connectivity index (χ0v) is 9.82. The van der Waals surface area contributed by atoms with Crippen LogP contribution in [0.2, 0.25) is 0 Å². The summed E-state index contributed by atoms with van der Waals surface area (Å²) in [5.74, 6) is 0.0804. The quantitative estimate of drug-likeness (QED) is 0.554. The van der Waals surface area contributed by atoms with Crippen LogP contribution >= 0.6 is 0 Å². The van der Waals surface area contributed by atoms with Crippen LogP contribution in [0.1, 0.15) is 24.2 Å². The molecule has 0 fully saturated rings. The number of carbonyl (C=O) groups excluding carboxylic acids is 1. The van der Waals surface area contributed by atoms with Crippen molar-refractivity contribution in [1.29, 1.82) is 0 Å². The first kappa shape index (κ1) is 10.7. The molecule has 2 aromatic rings. The van der Waals surface area contributed by atoms with Crippen LogP contribution in [0, 0.1) is 0 Å². The minimum absolute atomic E-state index is 0.0804. The predicted octanol–water partition coefficient (Wildman–Crippen LogP) is 3.33. The molecule has 2 heteroatoms. The summed E-state index contributed by atoms with van der Waals surface area (Å²) in [5.41, 5.74) is 2.89. The number of aromatic nitrogens is 1. The summed E-state index contributed by atoms with van der Waals surface area (Å²) in [6.07, 6.45) is 3.58. The molecule has 1 aromatic heterocycles. The maximum absolute atomic E-state index is 12.0. The molecule has 0 saturated heterocycles. The second-order valence-corrected chi connectivity index (χ2v) is 4.26. The Balaban J connectivity index is 2.62. The van der Waals surface area contributed by atoms with E-state index in [0.29, 0.717) is 0 Å². The molecule has 0 aliphatic heterocycles. The first-order chi connectivity index (χ1) is 7.59. The first-order valence-electron chi connectivity index (χ1n) is 5.33. The molecule has 0 saturated carbocycles. The summed E-state index contributed by atoms with van der Waals surface area (Å²) < 4.78 is 1.99. The van der Waals surface area contributed by atoms with Crippen molar-refractivity contribution in [3.63, 3.8) is 0 Å². The van der Waals surface area contributed by atoms with Gasteiger partial charge in [-0.05, 0) is 26.0 Å². The number of nitrogens with zero attached hydrogens (tertiary/aromatic N) is 1. The molecule has 0 atom stereocenters. The molecule has 0 bridgehead atoms. The maximum Gasteiger partial charge on any atom is 0.187 e. The van der Waals surface area contributed by atoms with E-state index in [1.807, 2.05) is 55.9 Å². The fraction of sp³-hybridized carbons (Fsp3) is 0.214. The van der Waals surface area contributed by atoms with Crippen molar-refractivity contribution < 1.29 is 4.79 Å². The van der Waals surface area contributed by atoms with Crippen molar-refractivity contribution in [3.8, 4) is 0 Å². The summed E-state index contributed by atoms with van der Waals surface area (Å²) in [6, 6.07) is 7.95. The van der Waals surface area contributed by atoms with E-state index in [2.05, 4.69) is 0 Å². The van der Waals surface area contributed by atoms with Crippen LogP contribution in [0.3, 0.4) is 0 Å². The Bertz CT molecular complexity index is 571. The van der Waals surface area contributed by atoms with Gasteiger partial charge in [-0.3, -0.25) is 4.79 Å². The largest absolute Gasteiger partial charge is 0.350 e. The number of para-hydroxylation sites is 1. The number of fused-ring (bicyclic) bond motifs is 1. The summed E-state index contributed by atoms with van der Waals surface area (Å²) in [7, 11) is 1.96. The monoisotopic (exact) mass is 213 g/mol. The lowest BCUT2D eigenvalue weighted by Gasteiger charge is -1.94. The van der Waals surface area contributed by atoms with Gasteiger partial charge in [0.15, 0.2) is 5.78 Å². The van der Waals surface area contributed by atoms with E-state index in [0.717, 1.165) is 22.0 Å². The van der Waals surface area contributed by atoms with E-state index < -0.39 is 0 Å². The van der Waals surface area contributed by atoms with Crippen molar-refractivity contribution in [1.82, 2.24) is 4.57 Å². The zero-order valence-electron chi connectivity index (χ0n) is 9.82. The van der Waals surface area contributed by atoms with Crippen LogP contribution in [-0.4, -0.2) is 10.4 Å². The van der Waals surface area contributed by atoms with Gasteiger partial charge < -0.3 is 4.57 Å². The van der Waals surface area contributed by atoms with Gasteiger partial charge in [0, 0.05) is 29.7 Å². The highest BCUT2D eigenvalue weighted by molar-refractivity contribution is 6.13. The molecule has 0 aliphatic rings. The molecule has 2 nitrogen and oxygen atoms in total. The van der Waals surface area contributed by atoms with E-state index in [-0.39, 0.29) is 5.78 Å². The van der Waals surface area contributed by atoms with Gasteiger partial charge >= 0.3 is 0 Å². The zero-order chi connectivity index (χ0) is 11.7. The minimum atomic E-state index is 0.0804. The third-order valence-electron chi connectivity index (χ3n) is 2.58. The molecule has 16 heavy (non-hydrogen) atoms. The molecule has 0 spiro atoms. The first-order valence-corrected chi connectivity index (χ1v) is 5.33. The molecule has 1 aromatic carbocycles. The van der Waals surface area contributed by atoms with Crippen LogP contribution in [-0.2, 0) is 7.05 Å². The highest BCUT2D eigenvalue weighted by Crippen LogP contribution is 2.21. The standard InChI is InChI=1S/C14H15NO/c1-10(2)8-14(16)12-9-15(3)13-7-5-4-6-11(12)13/h4-9H,1-3H3. The number of carbonyl (C=O) groups is 1. The second kappa shape index (κ2) is 3.97. The lowest BCUT2D eigenvalue weighted by atomic mass is 10.1. The number of hydrogen-bond donors (Lipinski definition) is 0. The van der Waals surface area contributed by atoms with Crippen molar-refractivity contribution >= 4 is 16.7 Å². The summed E-state index contributed by atoms with van der Waals surface area (Å²) in [4.78, 5) is 12.0. The molecule has 0 unspecified atom stereocenters. The predicted molar refractivity (Wildman–Crippen MR) is 66.7 cm³/mol. The maximum atomic E-state index is 12.0. The Morgan fingerprint density at radius 2 is 1.94 bits per heavy atom. The third-order valence-corrected chi connectivity index (χ3v) is 2.58. The second-order valence-electron chi connectivity index (χ2n) is 4.26. The Morgan fingerprint density at radius 3 is 2.62 bits per heavy atom. The third kappa shape index (κ3) is 1.78. The molecule has 2 rings (SSSR count). The number of benzene rings is 1. The van der Waals surface area contributed by atoms with Crippen LogP contribution in [0.4, 0.5) is 0 Å². The lowest BCUT2D eigenvalue weighted by Crippen LogP contribution is -1.93. The van der Waals surface area contributed by atoms with Crippen molar-refractivity contribution in [2.75, 3.05) is 0 Å². The molecular formula is C14H15NO. The van der Waals surface area contributed by atoms with E-state index in [4.69, 9.17) is 0 Å². The fourth-order valence-corrected chi connectivity index (χ4v) is 1.88. The normalized spacial score (nSPS) is 10.4. The average molecular weight is 213 g/mol. The Hall–Kier alpha value is -1.83. The molecule has 82 valence electrons. The van der Waals surface area contributed by atoms with Gasteiger partial charge in [-0.2, -0.15) is 0 Å². The van der Waals surface area contributed by atoms with Crippen LogP contribution in [0.5, 0.6) is 0 Å². The van der Waals surface area contributed by atoms with Crippen molar-refractivity contribution in [2.24, 2.45) is 7.05 Å². The highest BCUT2D eigenvalue weighted by atomic mass is 16.1. The van der Waals surface area contributed by atoms with Crippen molar-refractivity contribution in [3.05, 3.63) is 47.7 Å². The van der Waals surface area contributed by atoms with Crippen LogP contribution < -0.4 is 0 Å². The molecule has 1 heterocycles. The lowest BCUT2D eigenvalue weighted by molar-refractivity contribution is 0.104. The van der Waals surface area contributed by atoms with Crippen molar-refractivity contribution in [2.45, 2.75) is 13.8 Å². The van der Waals surface area contributed by atoms with E-state index in [1.165, 1.54) is 0 Å². The number of aryl methyl sites for hydroxylation is 1. The van der Waals surface area contributed by atoms with E-state index >= 15 is 0 Å². The Kier molecular flexibility index (Phi) is 2.65. The summed E-state index contributed by atoms with van der Waals surface area (Å²) in [6.45, 7) is 3.87. The summed E-state index contributed by atoms with van der Waals surface area (Å²) in [5, 5.41) is 1.02. The Labute approximate surface area is 95.2 Å². The van der Waals surface area contributed by atoms with Crippen LogP contribution in [0.15, 0.2) is 42.1 Å². The van der Waals surface area contributed by atoms with Gasteiger partial charge in [0.05, 0.1) is 0 Å². The molecule has 0 amide bonds. The van der Waals surface area contributed by atoms with E-state index in [1.54, 1.807) is 6.08 Å². The Morgan fingerprint density at radius 1 is 1.25 bits per heavy atom. The average Bonchev–Trinajstić information content (AvgIpc) is 2.56. The van der Waals surface area contributed by atoms with Gasteiger partial charge in [-0.15, -0.1) is 0 Å². The fourth-order valence-electron chi connectivity index (χ4n) is 1.88. The van der Waals surface area contributed by atoms with Gasteiger partial charge in [-0.1, -0.05) is 23.8 Å². The summed E-state index contributed by atoms with van der Waals surface area (Å²) >= 11 is 0. The number of allylic oxidation sites excluding steroid dienone is 2. The van der Waals surface area contributed by atoms with Crippen LogP contribution in [0.25, 0.3) is 10.9 Å². The van der Waals surface area contributed by atoms with Gasteiger partial charge in [-0.25, -0.2) is 0 Å². The number of hydrogen-bond acceptors (Lipinski definition) is 1. The molecule has 0 radical (unpaired) electrons. The SMILES string of the molecule is CC(C)=CC(=O)c1cn(C)c2ccccc12. The molecule has 0 N–H and O–H groups in total. The van der Waals surface area contributed by atoms with Gasteiger partial charge in [0.2, 0.25) is 0 Å². The van der Waals surface area contributed by atoms with E-state index in [9.17, 15) is 4.79 Å². The number of ketones is 1. The smallest absolute Gasteiger partial charge is 0.187 e.